The van der Waals surface area contributed by atoms with Crippen molar-refractivity contribution in [1.29, 1.82) is 0 Å². The summed E-state index contributed by atoms with van der Waals surface area (Å²) in [5.74, 6) is 0. The summed E-state index contributed by atoms with van der Waals surface area (Å²) < 4.78 is 20.6. The summed E-state index contributed by atoms with van der Waals surface area (Å²) in [4.78, 5) is 0.377. The molecule has 10 heavy (non-hydrogen) atoms. The zero-order valence-corrected chi connectivity index (χ0v) is 6.55. The summed E-state index contributed by atoms with van der Waals surface area (Å²) in [7, 11) is 1.71. The smallest absolute Gasteiger partial charge is 0.190 e. The second-order valence-corrected chi connectivity index (χ2v) is 2.94. The molecule has 1 aromatic rings. The van der Waals surface area contributed by atoms with E-state index in [9.17, 15) is 4.21 Å². The van der Waals surface area contributed by atoms with Crippen molar-refractivity contribution < 1.29 is 8.76 Å². The predicted molar refractivity (Wildman–Crippen MR) is 37.0 cm³/mol. The summed E-state index contributed by atoms with van der Waals surface area (Å²) in [6.45, 7) is 1.70. The first kappa shape index (κ1) is 7.43. The van der Waals surface area contributed by atoms with Crippen LogP contribution < -0.4 is 0 Å². The number of rotatable bonds is 1. The highest BCUT2D eigenvalue weighted by molar-refractivity contribution is 7.79. The monoisotopic (exact) mass is 160 g/mol. The number of hydrogen-bond donors (Lipinski definition) is 1. The molecule has 0 fully saturated rings. The van der Waals surface area contributed by atoms with Crippen molar-refractivity contribution in [2.45, 2.75) is 11.8 Å². The Morgan fingerprint density at radius 1 is 1.80 bits per heavy atom. The molecular weight excluding hydrogens is 152 g/mol. The average molecular weight is 160 g/mol. The van der Waals surface area contributed by atoms with Crippen molar-refractivity contribution in [1.82, 2.24) is 9.78 Å². The molecule has 0 bridgehead atoms. The summed E-state index contributed by atoms with van der Waals surface area (Å²) in [5, 5.41) is 3.90. The molecule has 0 aliphatic carbocycles. The molecule has 1 aromatic heterocycles. The van der Waals surface area contributed by atoms with Gasteiger partial charge >= 0.3 is 0 Å². The minimum atomic E-state index is -1.90. The third-order valence-corrected chi connectivity index (χ3v) is 1.93. The molecule has 0 amide bonds. The maximum atomic E-state index is 10.5. The standard InChI is InChI=1S/C5H8N2O2S/c1-4-5(10(8)9)3-7(2)6-4/h3H,1-2H3,(H,8,9). The molecule has 0 spiro atoms. The van der Waals surface area contributed by atoms with Gasteiger partial charge in [-0.25, -0.2) is 4.21 Å². The zero-order valence-electron chi connectivity index (χ0n) is 5.74. The maximum absolute atomic E-state index is 10.5. The highest BCUT2D eigenvalue weighted by Gasteiger charge is 2.06. The van der Waals surface area contributed by atoms with Gasteiger partial charge in [-0.3, -0.25) is 4.68 Å². The third kappa shape index (κ3) is 1.25. The van der Waals surface area contributed by atoms with E-state index >= 15 is 0 Å². The fourth-order valence-electron chi connectivity index (χ4n) is 0.749. The maximum Gasteiger partial charge on any atom is 0.190 e. The Kier molecular flexibility index (Phi) is 1.87. The largest absolute Gasteiger partial charge is 0.302 e. The zero-order chi connectivity index (χ0) is 7.72. The van der Waals surface area contributed by atoms with Crippen molar-refractivity contribution in [3.63, 3.8) is 0 Å². The van der Waals surface area contributed by atoms with E-state index in [2.05, 4.69) is 5.10 Å². The van der Waals surface area contributed by atoms with Gasteiger partial charge in [0, 0.05) is 13.2 Å². The van der Waals surface area contributed by atoms with Crippen LogP contribution in [-0.4, -0.2) is 18.5 Å². The summed E-state index contributed by atoms with van der Waals surface area (Å²) in [6.07, 6.45) is 1.53. The predicted octanol–water partition coefficient (Wildman–Crippen LogP) is 0.309. The fraction of sp³-hybridized carbons (Fsp3) is 0.400. The lowest BCUT2D eigenvalue weighted by atomic mass is 10.5. The molecule has 0 saturated carbocycles. The highest BCUT2D eigenvalue weighted by Crippen LogP contribution is 2.07. The van der Waals surface area contributed by atoms with Gasteiger partial charge < -0.3 is 4.55 Å². The normalized spacial score (nSPS) is 13.5. The number of aryl methyl sites for hydroxylation is 2. The van der Waals surface area contributed by atoms with E-state index in [4.69, 9.17) is 4.55 Å². The quantitative estimate of drug-likeness (QED) is 0.601. The molecule has 1 atom stereocenters. The lowest BCUT2D eigenvalue weighted by Gasteiger charge is -1.85. The van der Waals surface area contributed by atoms with Gasteiger partial charge in [0.25, 0.3) is 0 Å². The Bertz CT molecular complexity index is 269. The van der Waals surface area contributed by atoms with Crippen LogP contribution in [0.4, 0.5) is 0 Å². The minimum Gasteiger partial charge on any atom is -0.302 e. The molecular formula is C5H8N2O2S. The number of nitrogens with zero attached hydrogens (tertiary/aromatic N) is 2. The van der Waals surface area contributed by atoms with Gasteiger partial charge in [-0.15, -0.1) is 0 Å². The fourth-order valence-corrected chi connectivity index (χ4v) is 1.29. The Morgan fingerprint density at radius 3 is 2.60 bits per heavy atom. The summed E-state index contributed by atoms with van der Waals surface area (Å²) in [6, 6.07) is 0. The molecule has 1 N–H and O–H groups in total. The first-order chi connectivity index (χ1) is 4.61. The second kappa shape index (κ2) is 2.51. The number of aromatic nitrogens is 2. The Morgan fingerprint density at radius 2 is 2.40 bits per heavy atom. The number of hydrogen-bond acceptors (Lipinski definition) is 2. The molecule has 0 aromatic carbocycles. The van der Waals surface area contributed by atoms with Gasteiger partial charge in [0.05, 0.1) is 5.69 Å². The van der Waals surface area contributed by atoms with Crippen molar-refractivity contribution in [2.75, 3.05) is 0 Å². The van der Waals surface area contributed by atoms with Crippen LogP contribution in [0.25, 0.3) is 0 Å². The molecule has 0 saturated heterocycles. The van der Waals surface area contributed by atoms with Crippen molar-refractivity contribution in [3.8, 4) is 0 Å². The molecule has 4 nitrogen and oxygen atoms in total. The Hall–Kier alpha value is -0.680. The first-order valence-corrected chi connectivity index (χ1v) is 3.83. The lowest BCUT2D eigenvalue weighted by Crippen LogP contribution is -1.87. The van der Waals surface area contributed by atoms with E-state index in [-0.39, 0.29) is 0 Å². The van der Waals surface area contributed by atoms with Crippen molar-refractivity contribution >= 4 is 11.1 Å². The van der Waals surface area contributed by atoms with Crippen LogP contribution in [0.2, 0.25) is 0 Å². The molecule has 1 unspecified atom stereocenters. The molecule has 1 rings (SSSR count). The molecule has 0 aliphatic rings. The van der Waals surface area contributed by atoms with Gasteiger partial charge in [0.1, 0.15) is 4.90 Å². The van der Waals surface area contributed by atoms with Crippen LogP contribution in [-0.2, 0) is 18.1 Å². The van der Waals surface area contributed by atoms with Gasteiger partial charge in [-0.05, 0) is 6.92 Å². The first-order valence-electron chi connectivity index (χ1n) is 2.72. The van der Waals surface area contributed by atoms with Gasteiger partial charge in [-0.2, -0.15) is 5.10 Å². The summed E-state index contributed by atoms with van der Waals surface area (Å²) >= 11 is -1.90. The van der Waals surface area contributed by atoms with Gasteiger partial charge in [0.2, 0.25) is 0 Å². The van der Waals surface area contributed by atoms with E-state index < -0.39 is 11.1 Å². The van der Waals surface area contributed by atoms with E-state index in [1.165, 1.54) is 10.9 Å². The SMILES string of the molecule is Cc1nn(C)cc1S(=O)O. The molecule has 56 valence electrons. The molecule has 0 radical (unpaired) electrons. The Labute approximate surface area is 61.1 Å². The van der Waals surface area contributed by atoms with Crippen LogP contribution in [0.5, 0.6) is 0 Å². The lowest BCUT2D eigenvalue weighted by molar-refractivity contribution is 0.563. The average Bonchev–Trinajstić information content (AvgIpc) is 2.10. The van der Waals surface area contributed by atoms with Crippen molar-refractivity contribution in [3.05, 3.63) is 11.9 Å². The molecule has 0 aliphatic heterocycles. The van der Waals surface area contributed by atoms with Gasteiger partial charge in [0.15, 0.2) is 11.1 Å². The van der Waals surface area contributed by atoms with E-state index in [1.54, 1.807) is 14.0 Å². The third-order valence-electron chi connectivity index (χ3n) is 1.16. The van der Waals surface area contributed by atoms with Crippen LogP contribution in [0.15, 0.2) is 11.1 Å². The van der Waals surface area contributed by atoms with Crippen LogP contribution >= 0.6 is 0 Å². The second-order valence-electron chi connectivity index (χ2n) is 2.00. The highest BCUT2D eigenvalue weighted by atomic mass is 32.2. The minimum absolute atomic E-state index is 0.377. The summed E-state index contributed by atoms with van der Waals surface area (Å²) in [5.41, 5.74) is 0.600. The Balaban J connectivity index is 3.15. The van der Waals surface area contributed by atoms with Crippen LogP contribution in [0.1, 0.15) is 5.69 Å². The van der Waals surface area contributed by atoms with E-state index in [1.807, 2.05) is 0 Å². The molecule has 5 heteroatoms. The molecule has 1 heterocycles. The van der Waals surface area contributed by atoms with Crippen molar-refractivity contribution in [2.24, 2.45) is 7.05 Å². The van der Waals surface area contributed by atoms with Crippen LogP contribution in [0, 0.1) is 6.92 Å². The topological polar surface area (TPSA) is 55.1 Å². The van der Waals surface area contributed by atoms with E-state index in [0.717, 1.165) is 0 Å². The van der Waals surface area contributed by atoms with Crippen LogP contribution in [0.3, 0.4) is 0 Å². The van der Waals surface area contributed by atoms with Gasteiger partial charge in [-0.1, -0.05) is 0 Å². The van der Waals surface area contributed by atoms with E-state index in [0.29, 0.717) is 10.6 Å².